The van der Waals surface area contributed by atoms with Gasteiger partial charge in [0.15, 0.2) is 5.96 Å². The molecule has 26 heavy (non-hydrogen) atoms. The van der Waals surface area contributed by atoms with Crippen molar-refractivity contribution in [1.82, 2.24) is 15.2 Å². The molecule has 0 unspecified atom stereocenters. The van der Waals surface area contributed by atoms with Gasteiger partial charge in [-0.25, -0.2) is 4.98 Å². The van der Waals surface area contributed by atoms with Crippen molar-refractivity contribution >= 4 is 11.8 Å². The summed E-state index contributed by atoms with van der Waals surface area (Å²) < 4.78 is 5.45. The molecule has 6 nitrogen and oxygen atoms in total. The second-order valence-electron chi connectivity index (χ2n) is 6.55. The van der Waals surface area contributed by atoms with Crippen molar-refractivity contribution in [1.29, 1.82) is 0 Å². The van der Waals surface area contributed by atoms with E-state index in [4.69, 9.17) is 4.74 Å². The first-order valence-corrected chi connectivity index (χ1v) is 9.55. The highest BCUT2D eigenvalue weighted by molar-refractivity contribution is 5.79. The van der Waals surface area contributed by atoms with Gasteiger partial charge in [0.05, 0.1) is 13.2 Å². The van der Waals surface area contributed by atoms with Crippen LogP contribution in [-0.4, -0.2) is 62.8 Å². The second-order valence-corrected chi connectivity index (χ2v) is 6.55. The molecule has 0 saturated carbocycles. The van der Waals surface area contributed by atoms with Crippen molar-refractivity contribution in [2.45, 2.75) is 32.2 Å². The summed E-state index contributed by atoms with van der Waals surface area (Å²) in [5.74, 6) is 1.97. The lowest BCUT2D eigenvalue weighted by molar-refractivity contribution is 0.122. The number of rotatable bonds is 9. The molecule has 0 bridgehead atoms. The molecule has 0 amide bonds. The van der Waals surface area contributed by atoms with Crippen LogP contribution in [0.4, 0.5) is 5.82 Å². The standard InChI is InChI=1S/C20H33N5O/c1-4-5-6-7-8-12-24(3)20(21-2)23-17-18-10-9-11-22-19(18)25-13-15-26-16-14-25/h4,9-11H,1,5-8,12-17H2,2-3H3,(H,21,23). The van der Waals surface area contributed by atoms with E-state index in [1.54, 1.807) is 0 Å². The first kappa shape index (κ1) is 20.2. The van der Waals surface area contributed by atoms with Crippen LogP contribution < -0.4 is 10.2 Å². The molecule has 0 radical (unpaired) electrons. The van der Waals surface area contributed by atoms with Gasteiger partial charge in [-0.2, -0.15) is 0 Å². The van der Waals surface area contributed by atoms with Gasteiger partial charge >= 0.3 is 0 Å². The number of pyridine rings is 1. The van der Waals surface area contributed by atoms with Crippen LogP contribution in [-0.2, 0) is 11.3 Å². The lowest BCUT2D eigenvalue weighted by Gasteiger charge is -2.30. The number of anilines is 1. The van der Waals surface area contributed by atoms with Crippen molar-refractivity contribution < 1.29 is 4.74 Å². The summed E-state index contributed by atoms with van der Waals surface area (Å²) in [5, 5.41) is 3.48. The van der Waals surface area contributed by atoms with Crippen molar-refractivity contribution in [3.05, 3.63) is 36.5 Å². The Bertz CT molecular complexity index is 569. The molecule has 2 heterocycles. The van der Waals surface area contributed by atoms with E-state index >= 15 is 0 Å². The third kappa shape index (κ3) is 6.33. The molecule has 1 aromatic rings. The van der Waals surface area contributed by atoms with Gasteiger partial charge in [0.1, 0.15) is 5.82 Å². The maximum Gasteiger partial charge on any atom is 0.193 e. The monoisotopic (exact) mass is 359 g/mol. The highest BCUT2D eigenvalue weighted by Crippen LogP contribution is 2.18. The fourth-order valence-electron chi connectivity index (χ4n) is 3.11. The van der Waals surface area contributed by atoms with Crippen molar-refractivity contribution in [3.8, 4) is 0 Å². The van der Waals surface area contributed by atoms with Gasteiger partial charge < -0.3 is 19.9 Å². The van der Waals surface area contributed by atoms with Crippen LogP contribution in [0.25, 0.3) is 0 Å². The molecule has 6 heteroatoms. The molecule has 0 spiro atoms. The fraction of sp³-hybridized carbons (Fsp3) is 0.600. The summed E-state index contributed by atoms with van der Waals surface area (Å²) in [6.45, 7) is 8.80. The molecule has 1 fully saturated rings. The average molecular weight is 360 g/mol. The highest BCUT2D eigenvalue weighted by atomic mass is 16.5. The first-order valence-electron chi connectivity index (χ1n) is 9.55. The molecule has 144 valence electrons. The van der Waals surface area contributed by atoms with Gasteiger partial charge in [0.2, 0.25) is 0 Å². The van der Waals surface area contributed by atoms with Gasteiger partial charge in [-0.1, -0.05) is 18.6 Å². The largest absolute Gasteiger partial charge is 0.378 e. The lowest BCUT2D eigenvalue weighted by atomic mass is 10.2. The number of aromatic nitrogens is 1. The number of ether oxygens (including phenoxy) is 1. The Kier molecular flexibility index (Phi) is 8.96. The van der Waals surface area contributed by atoms with Crippen molar-refractivity contribution in [2.75, 3.05) is 51.8 Å². The van der Waals surface area contributed by atoms with Gasteiger partial charge in [0, 0.05) is 52.0 Å². The summed E-state index contributed by atoms with van der Waals surface area (Å²) in [5.41, 5.74) is 1.19. The van der Waals surface area contributed by atoms with E-state index in [1.165, 1.54) is 18.4 Å². The minimum Gasteiger partial charge on any atom is -0.378 e. The van der Waals surface area contributed by atoms with E-state index in [1.807, 2.05) is 25.4 Å². The quantitative estimate of drug-likeness (QED) is 0.318. The van der Waals surface area contributed by atoms with Crippen LogP contribution in [0.5, 0.6) is 0 Å². The Morgan fingerprint density at radius 3 is 2.92 bits per heavy atom. The van der Waals surface area contributed by atoms with Gasteiger partial charge in [-0.05, 0) is 25.3 Å². The molecule has 1 aromatic heterocycles. The number of aliphatic imine (C=N–C) groups is 1. The van der Waals surface area contributed by atoms with Crippen LogP contribution >= 0.6 is 0 Å². The molecule has 0 atom stereocenters. The number of guanidine groups is 1. The zero-order chi connectivity index (χ0) is 18.6. The molecule has 2 rings (SSSR count). The predicted octanol–water partition coefficient (Wildman–Crippen LogP) is 2.67. The number of allylic oxidation sites excluding steroid dienone is 1. The maximum absolute atomic E-state index is 5.45. The molecular formula is C20H33N5O. The normalized spacial score (nSPS) is 15.0. The van der Waals surface area contributed by atoms with E-state index < -0.39 is 0 Å². The van der Waals surface area contributed by atoms with Crippen molar-refractivity contribution in [3.63, 3.8) is 0 Å². The smallest absolute Gasteiger partial charge is 0.193 e. The third-order valence-electron chi connectivity index (χ3n) is 4.59. The summed E-state index contributed by atoms with van der Waals surface area (Å²) in [7, 11) is 3.93. The Labute approximate surface area is 158 Å². The molecule has 1 N–H and O–H groups in total. The number of unbranched alkanes of at least 4 members (excludes halogenated alkanes) is 3. The SMILES string of the molecule is C=CCCCCCN(C)C(=NC)NCc1cccnc1N1CCOCC1. The Hall–Kier alpha value is -2.08. The van der Waals surface area contributed by atoms with Gasteiger partial charge in [-0.3, -0.25) is 4.99 Å². The van der Waals surface area contributed by atoms with Crippen LogP contribution in [0.2, 0.25) is 0 Å². The van der Waals surface area contributed by atoms with Crippen LogP contribution in [0.3, 0.4) is 0 Å². The number of hydrogen-bond acceptors (Lipinski definition) is 4. The minimum absolute atomic E-state index is 0.716. The third-order valence-corrected chi connectivity index (χ3v) is 4.59. The zero-order valence-corrected chi connectivity index (χ0v) is 16.3. The zero-order valence-electron chi connectivity index (χ0n) is 16.3. The van der Waals surface area contributed by atoms with E-state index in [-0.39, 0.29) is 0 Å². The number of morpholine rings is 1. The molecule has 1 saturated heterocycles. The topological polar surface area (TPSA) is 53.0 Å². The fourth-order valence-corrected chi connectivity index (χ4v) is 3.11. The highest BCUT2D eigenvalue weighted by Gasteiger charge is 2.16. The number of nitrogens with one attached hydrogen (secondary N) is 1. The summed E-state index contributed by atoms with van der Waals surface area (Å²) in [6, 6.07) is 4.13. The second kappa shape index (κ2) is 11.5. The number of hydrogen-bond donors (Lipinski definition) is 1. The predicted molar refractivity (Wildman–Crippen MR) is 109 cm³/mol. The lowest BCUT2D eigenvalue weighted by Crippen LogP contribution is -2.40. The van der Waals surface area contributed by atoms with Crippen LogP contribution in [0, 0.1) is 0 Å². The molecular weight excluding hydrogens is 326 g/mol. The van der Waals surface area contributed by atoms with Gasteiger partial charge in [-0.15, -0.1) is 6.58 Å². The Morgan fingerprint density at radius 2 is 2.19 bits per heavy atom. The van der Waals surface area contributed by atoms with E-state index in [0.717, 1.165) is 57.5 Å². The van der Waals surface area contributed by atoms with Crippen LogP contribution in [0.15, 0.2) is 36.0 Å². The summed E-state index contributed by atoms with van der Waals surface area (Å²) in [6.07, 6.45) is 8.54. The first-order chi connectivity index (χ1) is 12.8. The molecule has 1 aliphatic heterocycles. The summed E-state index contributed by atoms with van der Waals surface area (Å²) in [4.78, 5) is 13.5. The van der Waals surface area contributed by atoms with E-state index in [2.05, 4.69) is 44.8 Å². The number of nitrogens with zero attached hydrogens (tertiary/aromatic N) is 4. The maximum atomic E-state index is 5.45. The summed E-state index contributed by atoms with van der Waals surface area (Å²) >= 11 is 0. The Balaban J connectivity index is 1.87. The Morgan fingerprint density at radius 1 is 1.38 bits per heavy atom. The van der Waals surface area contributed by atoms with E-state index in [0.29, 0.717) is 6.54 Å². The van der Waals surface area contributed by atoms with Crippen molar-refractivity contribution in [2.24, 2.45) is 4.99 Å². The molecule has 0 aliphatic carbocycles. The van der Waals surface area contributed by atoms with E-state index in [9.17, 15) is 0 Å². The van der Waals surface area contributed by atoms with Gasteiger partial charge in [0.25, 0.3) is 0 Å². The minimum atomic E-state index is 0.716. The average Bonchev–Trinajstić information content (AvgIpc) is 2.69. The molecule has 1 aliphatic rings. The van der Waals surface area contributed by atoms with Crippen LogP contribution in [0.1, 0.15) is 31.2 Å². The molecule has 0 aromatic carbocycles.